The molecule has 166 valence electrons. The van der Waals surface area contributed by atoms with E-state index < -0.39 is 29.9 Å². The van der Waals surface area contributed by atoms with Crippen LogP contribution in [-0.2, 0) is 15.2 Å². The number of rotatable bonds is 3. The minimum absolute atomic E-state index is 0.111. The second-order valence-electron chi connectivity index (χ2n) is 8.29. The van der Waals surface area contributed by atoms with E-state index in [1.54, 1.807) is 52.0 Å². The first-order valence-electron chi connectivity index (χ1n) is 9.50. The van der Waals surface area contributed by atoms with Gasteiger partial charge in [0.15, 0.2) is 0 Å². The van der Waals surface area contributed by atoms with E-state index >= 15 is 0 Å². The van der Waals surface area contributed by atoms with Crippen molar-refractivity contribution in [2.75, 3.05) is 5.32 Å². The van der Waals surface area contributed by atoms with Crippen molar-refractivity contribution in [2.45, 2.75) is 51.5 Å². The molecule has 0 radical (unpaired) electrons. The van der Waals surface area contributed by atoms with Gasteiger partial charge in [0.25, 0.3) is 5.60 Å². The lowest BCUT2D eigenvalue weighted by molar-refractivity contribution is -0.275. The molecule has 2 aromatic rings. The van der Waals surface area contributed by atoms with Crippen molar-refractivity contribution in [3.63, 3.8) is 0 Å². The molecule has 1 heterocycles. The zero-order valence-electron chi connectivity index (χ0n) is 17.4. The number of aryl methyl sites for hydroxylation is 1. The van der Waals surface area contributed by atoms with Crippen LogP contribution < -0.4 is 5.32 Å². The van der Waals surface area contributed by atoms with Crippen molar-refractivity contribution in [1.82, 2.24) is 0 Å². The number of carbonyl (C=O) groups excluding carboxylic acids is 1. The molecular weight excluding hydrogens is 433 g/mol. The molecular formula is C22H22ClF3N2O3. The van der Waals surface area contributed by atoms with Gasteiger partial charge in [-0.2, -0.15) is 13.2 Å². The van der Waals surface area contributed by atoms with Crippen molar-refractivity contribution in [2.24, 2.45) is 5.16 Å². The number of anilines is 1. The van der Waals surface area contributed by atoms with Crippen LogP contribution in [0.25, 0.3) is 0 Å². The van der Waals surface area contributed by atoms with Crippen LogP contribution in [0.3, 0.4) is 0 Å². The summed E-state index contributed by atoms with van der Waals surface area (Å²) in [4.78, 5) is 17.0. The third kappa shape index (κ3) is 4.95. The van der Waals surface area contributed by atoms with Gasteiger partial charge in [-0.3, -0.25) is 5.32 Å². The highest BCUT2D eigenvalue weighted by Gasteiger charge is 2.62. The fourth-order valence-corrected chi connectivity index (χ4v) is 3.30. The fourth-order valence-electron chi connectivity index (χ4n) is 3.17. The van der Waals surface area contributed by atoms with Crippen LogP contribution in [0.1, 0.15) is 43.9 Å². The van der Waals surface area contributed by atoms with E-state index in [2.05, 4.69) is 10.5 Å². The Bertz CT molecular complexity index is 1010. The molecule has 3 rings (SSSR count). The molecule has 0 aliphatic carbocycles. The Morgan fingerprint density at radius 1 is 1.16 bits per heavy atom. The Hall–Kier alpha value is -2.74. The van der Waals surface area contributed by atoms with Crippen molar-refractivity contribution in [1.29, 1.82) is 0 Å². The van der Waals surface area contributed by atoms with E-state index in [0.29, 0.717) is 21.8 Å². The number of carbonyl (C=O) groups is 1. The average Bonchev–Trinajstić information content (AvgIpc) is 3.09. The normalized spacial score (nSPS) is 18.9. The third-order valence-electron chi connectivity index (χ3n) is 4.69. The number of nitrogens with one attached hydrogen (secondary N) is 1. The van der Waals surface area contributed by atoms with Crippen molar-refractivity contribution >= 4 is 29.1 Å². The fraction of sp³-hybridized carbons (Fsp3) is 0.364. The van der Waals surface area contributed by atoms with Crippen LogP contribution in [-0.4, -0.2) is 23.6 Å². The first-order valence-corrected chi connectivity index (χ1v) is 9.87. The lowest BCUT2D eigenvalue weighted by Gasteiger charge is -2.30. The van der Waals surface area contributed by atoms with Gasteiger partial charge >= 0.3 is 12.3 Å². The van der Waals surface area contributed by atoms with Crippen molar-refractivity contribution < 1.29 is 27.5 Å². The summed E-state index contributed by atoms with van der Waals surface area (Å²) in [6, 6.07) is 10.3. The van der Waals surface area contributed by atoms with Crippen molar-refractivity contribution in [3.8, 4) is 0 Å². The molecule has 1 aliphatic heterocycles. The number of alkyl halides is 3. The number of hydrogen-bond acceptors (Lipinski definition) is 4. The molecule has 0 saturated carbocycles. The monoisotopic (exact) mass is 454 g/mol. The van der Waals surface area contributed by atoms with Gasteiger partial charge in [0.05, 0.1) is 5.71 Å². The Balaban J connectivity index is 1.88. The summed E-state index contributed by atoms with van der Waals surface area (Å²) in [6.07, 6.45) is -5.91. The Kier molecular flexibility index (Phi) is 5.97. The maximum atomic E-state index is 14.2. The zero-order valence-corrected chi connectivity index (χ0v) is 18.2. The number of benzene rings is 2. The summed E-state index contributed by atoms with van der Waals surface area (Å²) in [7, 11) is 0. The van der Waals surface area contributed by atoms with Crippen LogP contribution in [0, 0.1) is 6.92 Å². The number of ether oxygens (including phenoxy) is 1. The van der Waals surface area contributed by atoms with Gasteiger partial charge in [-0.15, -0.1) is 0 Å². The predicted molar refractivity (Wildman–Crippen MR) is 112 cm³/mol. The molecule has 2 aromatic carbocycles. The average molecular weight is 455 g/mol. The summed E-state index contributed by atoms with van der Waals surface area (Å²) in [5.41, 5.74) is -2.01. The van der Waals surface area contributed by atoms with Crippen molar-refractivity contribution in [3.05, 3.63) is 64.2 Å². The molecule has 1 amide bonds. The van der Waals surface area contributed by atoms with E-state index in [-0.39, 0.29) is 11.3 Å². The molecule has 0 fully saturated rings. The van der Waals surface area contributed by atoms with Gasteiger partial charge in [-0.05, 0) is 63.1 Å². The quantitative estimate of drug-likeness (QED) is 0.570. The van der Waals surface area contributed by atoms with E-state index in [4.69, 9.17) is 21.2 Å². The van der Waals surface area contributed by atoms with E-state index in [1.165, 1.54) is 18.2 Å². The molecule has 9 heteroatoms. The minimum atomic E-state index is -4.72. The SMILES string of the molecule is Cc1cc(C2(C(F)(F)F)CC(c3ccc(Cl)cc3)=NO2)ccc1NC(=O)OC(C)(C)C. The van der Waals surface area contributed by atoms with E-state index in [9.17, 15) is 18.0 Å². The van der Waals surface area contributed by atoms with Crippen LogP contribution in [0.15, 0.2) is 47.6 Å². The van der Waals surface area contributed by atoms with Gasteiger partial charge in [-0.1, -0.05) is 35.0 Å². The standard InChI is InChI=1S/C22H22ClF3N2O3/c1-13-11-15(7-10-17(13)27-19(29)30-20(2,3)4)21(22(24,25)26)12-18(28-31-21)14-5-8-16(23)9-6-14/h5-11H,12H2,1-4H3,(H,27,29). The van der Waals surface area contributed by atoms with Crippen LogP contribution in [0.5, 0.6) is 0 Å². The minimum Gasteiger partial charge on any atom is -0.444 e. The van der Waals surface area contributed by atoms with Crippen LogP contribution >= 0.6 is 11.6 Å². The Morgan fingerprint density at radius 2 is 1.81 bits per heavy atom. The number of amides is 1. The third-order valence-corrected chi connectivity index (χ3v) is 4.94. The lowest BCUT2D eigenvalue weighted by Crippen LogP contribution is -2.42. The van der Waals surface area contributed by atoms with Crippen LogP contribution in [0.4, 0.5) is 23.7 Å². The van der Waals surface area contributed by atoms with Gasteiger partial charge in [0, 0.05) is 22.7 Å². The smallest absolute Gasteiger partial charge is 0.435 e. The molecule has 0 bridgehead atoms. The van der Waals surface area contributed by atoms with Gasteiger partial charge in [0.2, 0.25) is 0 Å². The van der Waals surface area contributed by atoms with E-state index in [0.717, 1.165) is 0 Å². The number of oxime groups is 1. The molecule has 1 N–H and O–H groups in total. The Morgan fingerprint density at radius 3 is 2.35 bits per heavy atom. The molecule has 1 unspecified atom stereocenters. The first-order chi connectivity index (χ1) is 14.3. The molecule has 1 aliphatic rings. The second kappa shape index (κ2) is 8.07. The number of hydrogen-bond donors (Lipinski definition) is 1. The molecule has 0 spiro atoms. The molecule has 0 saturated heterocycles. The highest BCUT2D eigenvalue weighted by atomic mass is 35.5. The summed E-state index contributed by atoms with van der Waals surface area (Å²) in [5, 5.41) is 6.75. The summed E-state index contributed by atoms with van der Waals surface area (Å²) in [6.45, 7) is 6.73. The van der Waals surface area contributed by atoms with Crippen LogP contribution in [0.2, 0.25) is 5.02 Å². The highest BCUT2D eigenvalue weighted by molar-refractivity contribution is 6.30. The second-order valence-corrected chi connectivity index (χ2v) is 8.73. The van der Waals surface area contributed by atoms with Gasteiger partial charge in [-0.25, -0.2) is 4.79 Å². The number of halogens is 4. The van der Waals surface area contributed by atoms with Gasteiger partial charge < -0.3 is 9.57 Å². The molecule has 31 heavy (non-hydrogen) atoms. The highest BCUT2D eigenvalue weighted by Crippen LogP contribution is 2.49. The van der Waals surface area contributed by atoms with Gasteiger partial charge in [0.1, 0.15) is 5.60 Å². The lowest BCUT2D eigenvalue weighted by atomic mass is 9.85. The molecule has 1 atom stereocenters. The summed E-state index contributed by atoms with van der Waals surface area (Å²) >= 11 is 5.86. The summed E-state index contributed by atoms with van der Waals surface area (Å²) in [5.74, 6) is 0. The summed E-state index contributed by atoms with van der Waals surface area (Å²) < 4.78 is 47.7. The zero-order chi connectivity index (χ0) is 23.0. The predicted octanol–water partition coefficient (Wildman–Crippen LogP) is 6.58. The number of nitrogens with zero attached hydrogens (tertiary/aromatic N) is 1. The topological polar surface area (TPSA) is 59.9 Å². The Labute approximate surface area is 183 Å². The maximum Gasteiger partial charge on any atom is 0.435 e. The molecule has 5 nitrogen and oxygen atoms in total. The van der Waals surface area contributed by atoms with E-state index in [1.807, 2.05) is 0 Å². The largest absolute Gasteiger partial charge is 0.444 e. The maximum absolute atomic E-state index is 14.2. The first kappa shape index (κ1) is 22.9. The molecule has 0 aromatic heterocycles.